The Morgan fingerprint density at radius 3 is 1.89 bits per heavy atom. The molecule has 18 heavy (non-hydrogen) atoms. The fourth-order valence-corrected chi connectivity index (χ4v) is 1.55. The number of benzene rings is 2. The summed E-state index contributed by atoms with van der Waals surface area (Å²) in [5, 5.41) is 0. The lowest BCUT2D eigenvalue weighted by molar-refractivity contribution is -0.137. The van der Waals surface area contributed by atoms with Crippen molar-refractivity contribution >= 4 is 0 Å². The molecular weight excluding hydrogens is 251 g/mol. The zero-order valence-electron chi connectivity index (χ0n) is 8.93. The summed E-state index contributed by atoms with van der Waals surface area (Å²) in [6, 6.07) is 7.10. The molecule has 0 bridgehead atoms. The molecule has 0 heterocycles. The van der Waals surface area contributed by atoms with Crippen LogP contribution < -0.4 is 0 Å². The van der Waals surface area contributed by atoms with Gasteiger partial charge in [-0.1, -0.05) is 18.2 Å². The van der Waals surface area contributed by atoms with Gasteiger partial charge in [0.2, 0.25) is 0 Å². The molecule has 0 nitrogen and oxygen atoms in total. The molecule has 2 rings (SSSR count). The molecule has 0 fully saturated rings. The van der Waals surface area contributed by atoms with E-state index in [-0.39, 0.29) is 5.56 Å². The first-order valence-corrected chi connectivity index (χ1v) is 5.00. The molecule has 2 aromatic rings. The van der Waals surface area contributed by atoms with Crippen LogP contribution in [0.4, 0.5) is 22.0 Å². The maximum absolute atomic E-state index is 13.6. The lowest BCUT2D eigenvalue weighted by Gasteiger charge is -2.09. The number of alkyl halides is 3. The van der Waals surface area contributed by atoms with Crippen LogP contribution in [0.3, 0.4) is 0 Å². The largest absolute Gasteiger partial charge is 0.416 e. The second kappa shape index (κ2) is 4.40. The van der Waals surface area contributed by atoms with E-state index in [0.717, 1.165) is 24.3 Å². The van der Waals surface area contributed by atoms with Crippen LogP contribution in [0.2, 0.25) is 0 Å². The zero-order chi connectivity index (χ0) is 13.3. The Morgan fingerprint density at radius 2 is 1.39 bits per heavy atom. The Balaban J connectivity index is 2.45. The summed E-state index contributed by atoms with van der Waals surface area (Å²) in [6.45, 7) is 0. The number of rotatable bonds is 1. The minimum absolute atomic E-state index is 0.00278. The van der Waals surface area contributed by atoms with Crippen molar-refractivity contribution in [1.29, 1.82) is 0 Å². The molecular formula is C13H7F5. The van der Waals surface area contributed by atoms with Gasteiger partial charge in [-0.05, 0) is 29.8 Å². The highest BCUT2D eigenvalue weighted by molar-refractivity contribution is 5.64. The maximum atomic E-state index is 13.6. The van der Waals surface area contributed by atoms with Gasteiger partial charge in [0.15, 0.2) is 0 Å². The Morgan fingerprint density at radius 1 is 0.778 bits per heavy atom. The van der Waals surface area contributed by atoms with Crippen molar-refractivity contribution in [3.8, 4) is 11.1 Å². The van der Waals surface area contributed by atoms with Gasteiger partial charge in [-0.15, -0.1) is 0 Å². The standard InChI is InChI=1S/C13H7F5/c14-10-4-1-8(2-5-10)11-6-3-9(7-12(11)15)13(16,17)18/h1-7H. The van der Waals surface area contributed by atoms with Crippen LogP contribution >= 0.6 is 0 Å². The molecule has 0 atom stereocenters. The molecule has 0 radical (unpaired) electrons. The van der Waals surface area contributed by atoms with E-state index < -0.39 is 23.4 Å². The van der Waals surface area contributed by atoms with Crippen LogP contribution in [0.25, 0.3) is 11.1 Å². The van der Waals surface area contributed by atoms with Gasteiger partial charge in [-0.25, -0.2) is 8.78 Å². The lowest BCUT2D eigenvalue weighted by Crippen LogP contribution is -2.05. The second-order valence-corrected chi connectivity index (χ2v) is 3.70. The summed E-state index contributed by atoms with van der Waals surface area (Å²) >= 11 is 0. The molecule has 0 aliphatic heterocycles. The van der Waals surface area contributed by atoms with Crippen LogP contribution in [-0.4, -0.2) is 0 Å². The van der Waals surface area contributed by atoms with Gasteiger partial charge in [0.1, 0.15) is 11.6 Å². The van der Waals surface area contributed by atoms with E-state index in [1.165, 1.54) is 12.1 Å². The third kappa shape index (κ3) is 2.50. The monoisotopic (exact) mass is 258 g/mol. The van der Waals surface area contributed by atoms with Gasteiger partial charge in [-0.3, -0.25) is 0 Å². The topological polar surface area (TPSA) is 0 Å². The van der Waals surface area contributed by atoms with Crippen LogP contribution in [0.15, 0.2) is 42.5 Å². The van der Waals surface area contributed by atoms with E-state index in [2.05, 4.69) is 0 Å². The Hall–Kier alpha value is -1.91. The smallest absolute Gasteiger partial charge is 0.207 e. The fourth-order valence-electron chi connectivity index (χ4n) is 1.55. The Bertz CT molecular complexity index is 555. The van der Waals surface area contributed by atoms with Crippen LogP contribution in [0, 0.1) is 11.6 Å². The van der Waals surface area contributed by atoms with E-state index >= 15 is 0 Å². The normalized spacial score (nSPS) is 11.6. The molecule has 0 aromatic heterocycles. The van der Waals surface area contributed by atoms with E-state index in [9.17, 15) is 22.0 Å². The molecule has 0 aliphatic carbocycles. The first-order valence-electron chi connectivity index (χ1n) is 5.00. The van der Waals surface area contributed by atoms with Crippen molar-refractivity contribution in [2.45, 2.75) is 6.18 Å². The molecule has 0 N–H and O–H groups in total. The molecule has 0 saturated carbocycles. The van der Waals surface area contributed by atoms with E-state index in [0.29, 0.717) is 11.6 Å². The molecule has 0 amide bonds. The summed E-state index contributed by atoms with van der Waals surface area (Å²) in [5.41, 5.74) is -0.725. The van der Waals surface area contributed by atoms with Gasteiger partial charge in [0.25, 0.3) is 0 Å². The van der Waals surface area contributed by atoms with Crippen LogP contribution in [0.5, 0.6) is 0 Å². The molecule has 2 aromatic carbocycles. The van der Waals surface area contributed by atoms with Crippen LogP contribution in [0.1, 0.15) is 5.56 Å². The summed E-state index contributed by atoms with van der Waals surface area (Å²) < 4.78 is 63.3. The average molecular weight is 258 g/mol. The highest BCUT2D eigenvalue weighted by Crippen LogP contribution is 2.32. The number of hydrogen-bond donors (Lipinski definition) is 0. The third-order valence-electron chi connectivity index (χ3n) is 2.45. The first kappa shape index (κ1) is 12.5. The first-order chi connectivity index (χ1) is 8.38. The number of hydrogen-bond acceptors (Lipinski definition) is 0. The molecule has 0 saturated heterocycles. The van der Waals surface area contributed by atoms with Crippen molar-refractivity contribution in [1.82, 2.24) is 0 Å². The minimum Gasteiger partial charge on any atom is -0.207 e. The van der Waals surface area contributed by atoms with E-state index in [4.69, 9.17) is 0 Å². The molecule has 94 valence electrons. The Labute approximate surface area is 99.7 Å². The average Bonchev–Trinajstić information content (AvgIpc) is 2.29. The zero-order valence-corrected chi connectivity index (χ0v) is 8.93. The minimum atomic E-state index is -4.58. The molecule has 5 heteroatoms. The van der Waals surface area contributed by atoms with Crippen molar-refractivity contribution in [2.75, 3.05) is 0 Å². The third-order valence-corrected chi connectivity index (χ3v) is 2.45. The molecule has 0 unspecified atom stereocenters. The summed E-state index contributed by atoms with van der Waals surface area (Å²) in [7, 11) is 0. The fraction of sp³-hybridized carbons (Fsp3) is 0.0769. The maximum Gasteiger partial charge on any atom is 0.416 e. The highest BCUT2D eigenvalue weighted by atomic mass is 19.4. The SMILES string of the molecule is Fc1ccc(-c2ccc(C(F)(F)F)cc2F)cc1. The Kier molecular flexibility index (Phi) is 3.07. The van der Waals surface area contributed by atoms with Gasteiger partial charge in [-0.2, -0.15) is 13.2 Å². The van der Waals surface area contributed by atoms with Crippen molar-refractivity contribution in [2.24, 2.45) is 0 Å². The van der Waals surface area contributed by atoms with Crippen molar-refractivity contribution < 1.29 is 22.0 Å². The van der Waals surface area contributed by atoms with Gasteiger partial charge >= 0.3 is 6.18 Å². The second-order valence-electron chi connectivity index (χ2n) is 3.70. The predicted octanol–water partition coefficient (Wildman–Crippen LogP) is 4.65. The summed E-state index contributed by atoms with van der Waals surface area (Å²) in [6.07, 6.45) is -4.58. The van der Waals surface area contributed by atoms with Crippen molar-refractivity contribution in [3.63, 3.8) is 0 Å². The van der Waals surface area contributed by atoms with Gasteiger partial charge in [0.05, 0.1) is 5.56 Å². The molecule has 0 aliphatic rings. The quantitative estimate of drug-likeness (QED) is 0.653. The van der Waals surface area contributed by atoms with Gasteiger partial charge in [0, 0.05) is 5.56 Å². The lowest BCUT2D eigenvalue weighted by atomic mass is 10.0. The van der Waals surface area contributed by atoms with E-state index in [1.54, 1.807) is 0 Å². The number of halogens is 5. The summed E-state index contributed by atoms with van der Waals surface area (Å²) in [4.78, 5) is 0. The molecule has 0 spiro atoms. The van der Waals surface area contributed by atoms with Crippen molar-refractivity contribution in [3.05, 3.63) is 59.7 Å². The predicted molar refractivity (Wildman–Crippen MR) is 56.8 cm³/mol. The summed E-state index contributed by atoms with van der Waals surface area (Å²) in [5.74, 6) is -1.48. The highest BCUT2D eigenvalue weighted by Gasteiger charge is 2.31. The van der Waals surface area contributed by atoms with E-state index in [1.807, 2.05) is 0 Å². The van der Waals surface area contributed by atoms with Gasteiger partial charge < -0.3 is 0 Å². The van der Waals surface area contributed by atoms with Crippen LogP contribution in [-0.2, 0) is 6.18 Å².